The standard InChI is InChI=1S/C38H52N2O4S2/c1-5-33(39(3)29-41)35(45-37(43)31-23-17-15-18-24-31)27-21-13-11-9-7-8-10-12-14-22-28-36(34(6-2)40(4)30-42)46-38(44)32-25-19-16-20-26-32/h15-20,23-26,29-30H,5-14,21-22,27-28H2,1-4H3/b35-33+,36-34+. The number of nitrogens with zero attached hydrogens (tertiary/aromatic N) is 2. The number of unbranched alkanes of at least 4 members (excludes halogenated alkanes) is 9. The van der Waals surface area contributed by atoms with Crippen molar-refractivity contribution in [2.75, 3.05) is 14.1 Å². The van der Waals surface area contributed by atoms with Gasteiger partial charge in [0.1, 0.15) is 0 Å². The summed E-state index contributed by atoms with van der Waals surface area (Å²) in [5, 5.41) is 0.0400. The number of amides is 2. The summed E-state index contributed by atoms with van der Waals surface area (Å²) in [6.45, 7) is 4.05. The summed E-state index contributed by atoms with van der Waals surface area (Å²) in [4.78, 5) is 54.0. The van der Waals surface area contributed by atoms with E-state index in [0.29, 0.717) is 24.0 Å². The molecule has 250 valence electrons. The van der Waals surface area contributed by atoms with Crippen molar-refractivity contribution in [2.45, 2.75) is 104 Å². The largest absolute Gasteiger partial charge is 0.321 e. The second-order valence-corrected chi connectivity index (χ2v) is 13.6. The van der Waals surface area contributed by atoms with Crippen LogP contribution in [0.4, 0.5) is 0 Å². The van der Waals surface area contributed by atoms with Crippen LogP contribution in [0.5, 0.6) is 0 Å². The molecular formula is C38H52N2O4S2. The molecule has 0 aromatic heterocycles. The van der Waals surface area contributed by atoms with Crippen molar-refractivity contribution in [1.82, 2.24) is 9.80 Å². The molecule has 2 aromatic rings. The van der Waals surface area contributed by atoms with Crippen LogP contribution in [0.25, 0.3) is 0 Å². The van der Waals surface area contributed by atoms with Crippen molar-refractivity contribution >= 4 is 46.6 Å². The smallest absolute Gasteiger partial charge is 0.223 e. The predicted molar refractivity (Wildman–Crippen MR) is 194 cm³/mol. The van der Waals surface area contributed by atoms with Crippen molar-refractivity contribution in [3.8, 4) is 0 Å². The summed E-state index contributed by atoms with van der Waals surface area (Å²) in [6, 6.07) is 18.6. The molecule has 0 saturated heterocycles. The molecule has 0 spiro atoms. The topological polar surface area (TPSA) is 74.8 Å². The van der Waals surface area contributed by atoms with E-state index < -0.39 is 0 Å². The monoisotopic (exact) mass is 664 g/mol. The lowest BCUT2D eigenvalue weighted by atomic mass is 10.0. The minimum absolute atomic E-state index is 0.0200. The minimum atomic E-state index is 0.0200. The van der Waals surface area contributed by atoms with Crippen molar-refractivity contribution < 1.29 is 19.2 Å². The summed E-state index contributed by atoms with van der Waals surface area (Å²) in [7, 11) is 3.52. The zero-order valence-electron chi connectivity index (χ0n) is 28.2. The first-order chi connectivity index (χ1) is 22.4. The van der Waals surface area contributed by atoms with Gasteiger partial charge in [-0.3, -0.25) is 19.2 Å². The summed E-state index contributed by atoms with van der Waals surface area (Å²) in [5.74, 6) is 0. The van der Waals surface area contributed by atoms with E-state index in [1.165, 1.54) is 62.0 Å². The Morgan fingerprint density at radius 3 is 1.13 bits per heavy atom. The third-order valence-electron chi connectivity index (χ3n) is 7.99. The van der Waals surface area contributed by atoms with Gasteiger partial charge in [0.15, 0.2) is 0 Å². The molecule has 0 aliphatic carbocycles. The molecule has 0 unspecified atom stereocenters. The number of allylic oxidation sites excluding steroid dienone is 4. The van der Waals surface area contributed by atoms with Crippen LogP contribution >= 0.6 is 23.5 Å². The lowest BCUT2D eigenvalue weighted by molar-refractivity contribution is -0.116. The zero-order chi connectivity index (χ0) is 33.6. The van der Waals surface area contributed by atoms with E-state index in [-0.39, 0.29) is 10.2 Å². The van der Waals surface area contributed by atoms with Crippen LogP contribution in [0.1, 0.15) is 124 Å². The van der Waals surface area contributed by atoms with Crippen LogP contribution in [0, 0.1) is 0 Å². The second-order valence-electron chi connectivity index (χ2n) is 11.4. The van der Waals surface area contributed by atoms with E-state index in [0.717, 1.165) is 72.5 Å². The molecule has 0 aliphatic rings. The average Bonchev–Trinajstić information content (AvgIpc) is 3.09. The zero-order valence-corrected chi connectivity index (χ0v) is 29.8. The first kappa shape index (κ1) is 39.1. The van der Waals surface area contributed by atoms with Crippen molar-refractivity contribution in [2.24, 2.45) is 0 Å². The maximum atomic E-state index is 12.9. The van der Waals surface area contributed by atoms with Gasteiger partial charge in [-0.2, -0.15) is 0 Å². The summed E-state index contributed by atoms with van der Waals surface area (Å²) in [5.41, 5.74) is 3.21. The average molecular weight is 665 g/mol. The number of benzene rings is 2. The van der Waals surface area contributed by atoms with Gasteiger partial charge in [0.2, 0.25) is 23.1 Å². The molecule has 0 N–H and O–H groups in total. The fraction of sp³-hybridized carbons (Fsp3) is 0.474. The van der Waals surface area contributed by atoms with Crippen molar-refractivity contribution in [3.63, 3.8) is 0 Å². The molecule has 0 bridgehead atoms. The Balaban J connectivity index is 1.72. The molecule has 6 nitrogen and oxygen atoms in total. The quantitative estimate of drug-likeness (QED) is 0.0869. The maximum Gasteiger partial charge on any atom is 0.223 e. The molecule has 8 heteroatoms. The lowest BCUT2D eigenvalue weighted by Crippen LogP contribution is -2.16. The number of rotatable bonds is 23. The van der Waals surface area contributed by atoms with Crippen LogP contribution in [-0.4, -0.2) is 46.9 Å². The van der Waals surface area contributed by atoms with Crippen molar-refractivity contribution in [3.05, 3.63) is 93.0 Å². The highest BCUT2D eigenvalue weighted by molar-refractivity contribution is 8.17. The van der Waals surface area contributed by atoms with Gasteiger partial charge in [0, 0.05) is 46.4 Å². The van der Waals surface area contributed by atoms with E-state index in [2.05, 4.69) is 0 Å². The number of hydrogen-bond acceptors (Lipinski definition) is 6. The Morgan fingerprint density at radius 1 is 0.543 bits per heavy atom. The molecule has 0 heterocycles. The molecule has 0 fully saturated rings. The fourth-order valence-electron chi connectivity index (χ4n) is 5.40. The first-order valence-electron chi connectivity index (χ1n) is 16.7. The molecule has 2 rings (SSSR count). The number of carbonyl (C=O) groups excluding carboxylic acids is 4. The van der Waals surface area contributed by atoms with Gasteiger partial charge in [0.05, 0.1) is 0 Å². The highest BCUT2D eigenvalue weighted by atomic mass is 32.2. The van der Waals surface area contributed by atoms with Crippen LogP contribution in [-0.2, 0) is 9.59 Å². The molecule has 0 aliphatic heterocycles. The van der Waals surface area contributed by atoms with Gasteiger partial charge >= 0.3 is 0 Å². The summed E-state index contributed by atoms with van der Waals surface area (Å²) in [6.07, 6.45) is 16.0. The Kier molecular flexibility index (Phi) is 19.8. The fourth-order valence-corrected chi connectivity index (χ4v) is 7.66. The van der Waals surface area contributed by atoms with Gasteiger partial charge in [-0.25, -0.2) is 0 Å². The van der Waals surface area contributed by atoms with Gasteiger partial charge < -0.3 is 9.80 Å². The van der Waals surface area contributed by atoms with Crippen LogP contribution < -0.4 is 0 Å². The van der Waals surface area contributed by atoms with E-state index in [1.54, 1.807) is 23.9 Å². The molecular weight excluding hydrogens is 613 g/mol. The Morgan fingerprint density at radius 2 is 0.848 bits per heavy atom. The molecule has 2 aromatic carbocycles. The highest BCUT2D eigenvalue weighted by Crippen LogP contribution is 2.33. The Bertz CT molecular complexity index is 1180. The molecule has 0 saturated carbocycles. The van der Waals surface area contributed by atoms with Crippen LogP contribution in [0.2, 0.25) is 0 Å². The van der Waals surface area contributed by atoms with Gasteiger partial charge in [-0.05, 0) is 62.0 Å². The van der Waals surface area contributed by atoms with Gasteiger partial charge in [-0.1, -0.05) is 126 Å². The number of thioether (sulfide) groups is 2. The normalized spacial score (nSPS) is 12.2. The molecule has 2 amide bonds. The second kappa shape index (κ2) is 23.3. The summed E-state index contributed by atoms with van der Waals surface area (Å²) >= 11 is 2.53. The van der Waals surface area contributed by atoms with Gasteiger partial charge in [0.25, 0.3) is 0 Å². The van der Waals surface area contributed by atoms with E-state index in [4.69, 9.17) is 0 Å². The SMILES string of the molecule is CC/C(=C(/CCCCCCCCCCCC/C(SC(=O)c1ccccc1)=C(/CC)N(C)C=O)SC(=O)c1ccccc1)N(C)C=O. The Hall–Kier alpha value is -3.10. The maximum absolute atomic E-state index is 12.9. The van der Waals surface area contributed by atoms with Gasteiger partial charge in [-0.15, -0.1) is 0 Å². The number of carbonyl (C=O) groups is 4. The van der Waals surface area contributed by atoms with E-state index >= 15 is 0 Å². The molecule has 46 heavy (non-hydrogen) atoms. The van der Waals surface area contributed by atoms with E-state index in [1.807, 2.05) is 74.5 Å². The highest BCUT2D eigenvalue weighted by Gasteiger charge is 2.17. The van der Waals surface area contributed by atoms with Crippen LogP contribution in [0.15, 0.2) is 81.9 Å². The van der Waals surface area contributed by atoms with Crippen molar-refractivity contribution in [1.29, 1.82) is 0 Å². The molecule has 0 radical (unpaired) electrons. The number of hydrogen-bond donors (Lipinski definition) is 0. The Labute approximate surface area is 285 Å². The molecule has 0 atom stereocenters. The summed E-state index contributed by atoms with van der Waals surface area (Å²) < 4.78 is 0. The van der Waals surface area contributed by atoms with Crippen LogP contribution in [0.3, 0.4) is 0 Å². The third-order valence-corrected chi connectivity index (χ3v) is 10.2. The lowest BCUT2D eigenvalue weighted by Gasteiger charge is -2.19. The third kappa shape index (κ3) is 14.1. The first-order valence-corrected chi connectivity index (χ1v) is 18.3. The minimum Gasteiger partial charge on any atom is -0.321 e. The predicted octanol–water partition coefficient (Wildman–Crippen LogP) is 10.2. The van der Waals surface area contributed by atoms with E-state index in [9.17, 15) is 19.2 Å².